The zero-order valence-corrected chi connectivity index (χ0v) is 14.6. The van der Waals surface area contributed by atoms with E-state index >= 15 is 0 Å². The Morgan fingerprint density at radius 3 is 2.75 bits per heavy atom. The van der Waals surface area contributed by atoms with Gasteiger partial charge in [-0.05, 0) is 25.0 Å². The van der Waals surface area contributed by atoms with Crippen LogP contribution in [0.15, 0.2) is 24.5 Å². The molecule has 24 heavy (non-hydrogen) atoms. The number of nitrogens with zero attached hydrogens (tertiary/aromatic N) is 3. The number of rotatable bonds is 4. The van der Waals surface area contributed by atoms with E-state index in [1.807, 2.05) is 17.8 Å². The van der Waals surface area contributed by atoms with Crippen LogP contribution in [-0.4, -0.2) is 51.5 Å². The third-order valence-corrected chi connectivity index (χ3v) is 6.36. The number of aromatic nitrogens is 2. The molecule has 1 saturated heterocycles. The van der Waals surface area contributed by atoms with E-state index in [1.165, 1.54) is 49.6 Å². The number of benzene rings is 1. The number of hydrogen-bond acceptors (Lipinski definition) is 5. The van der Waals surface area contributed by atoms with Crippen LogP contribution in [0.5, 0.6) is 0 Å². The highest BCUT2D eigenvalue weighted by Crippen LogP contribution is 2.37. The first kappa shape index (κ1) is 16.1. The van der Waals surface area contributed by atoms with Gasteiger partial charge in [-0.1, -0.05) is 18.9 Å². The molecule has 1 aromatic carbocycles. The number of hydrogen-bond donors (Lipinski definition) is 1. The van der Waals surface area contributed by atoms with Crippen LogP contribution in [0.4, 0.5) is 10.2 Å². The predicted molar refractivity (Wildman–Crippen MR) is 98.1 cm³/mol. The van der Waals surface area contributed by atoms with E-state index in [-0.39, 0.29) is 11.4 Å². The van der Waals surface area contributed by atoms with Crippen molar-refractivity contribution < 1.29 is 4.39 Å². The first-order valence-corrected chi connectivity index (χ1v) is 9.90. The molecule has 4 nitrogen and oxygen atoms in total. The Morgan fingerprint density at radius 2 is 1.96 bits per heavy atom. The van der Waals surface area contributed by atoms with Crippen LogP contribution in [-0.2, 0) is 0 Å². The van der Waals surface area contributed by atoms with Gasteiger partial charge in [-0.2, -0.15) is 11.8 Å². The SMILES string of the molecule is Fc1cccc2ncnc(NCC3(N4CCSCC4)CCCC3)c12. The molecule has 0 radical (unpaired) electrons. The number of fused-ring (bicyclic) bond motifs is 1. The van der Waals surface area contributed by atoms with Crippen LogP contribution in [0.2, 0.25) is 0 Å². The maximum absolute atomic E-state index is 14.3. The molecule has 0 atom stereocenters. The number of nitrogens with one attached hydrogen (secondary N) is 1. The average molecular weight is 346 g/mol. The summed E-state index contributed by atoms with van der Waals surface area (Å²) in [7, 11) is 0. The second kappa shape index (κ2) is 6.84. The molecule has 0 spiro atoms. The zero-order valence-electron chi connectivity index (χ0n) is 13.8. The van der Waals surface area contributed by atoms with E-state index in [0.717, 1.165) is 19.6 Å². The number of halogens is 1. The Kier molecular flexibility index (Phi) is 4.59. The molecule has 1 aliphatic heterocycles. The van der Waals surface area contributed by atoms with Gasteiger partial charge in [-0.25, -0.2) is 14.4 Å². The lowest BCUT2D eigenvalue weighted by Gasteiger charge is -2.43. The van der Waals surface area contributed by atoms with E-state index < -0.39 is 0 Å². The molecule has 2 fully saturated rings. The van der Waals surface area contributed by atoms with Gasteiger partial charge in [-0.3, -0.25) is 4.90 Å². The molecular formula is C18H23FN4S. The minimum atomic E-state index is -0.259. The third-order valence-electron chi connectivity index (χ3n) is 5.41. The van der Waals surface area contributed by atoms with Crippen LogP contribution in [0.1, 0.15) is 25.7 Å². The standard InChI is InChI=1S/C18H23FN4S/c19-14-4-3-5-15-16(14)17(22-13-21-15)20-12-18(6-1-2-7-18)23-8-10-24-11-9-23/h3-5,13H,1-2,6-12H2,(H,20,21,22). The van der Waals surface area contributed by atoms with Gasteiger partial charge < -0.3 is 5.32 Å². The first-order chi connectivity index (χ1) is 11.8. The van der Waals surface area contributed by atoms with Crippen molar-refractivity contribution in [3.8, 4) is 0 Å². The van der Waals surface area contributed by atoms with E-state index in [1.54, 1.807) is 6.07 Å². The molecule has 0 amide bonds. The van der Waals surface area contributed by atoms with Gasteiger partial charge >= 0.3 is 0 Å². The largest absolute Gasteiger partial charge is 0.368 e. The summed E-state index contributed by atoms with van der Waals surface area (Å²) in [5.41, 5.74) is 0.853. The summed E-state index contributed by atoms with van der Waals surface area (Å²) in [5, 5.41) is 3.97. The topological polar surface area (TPSA) is 41.1 Å². The van der Waals surface area contributed by atoms with Crippen molar-refractivity contribution in [2.24, 2.45) is 0 Å². The highest BCUT2D eigenvalue weighted by molar-refractivity contribution is 7.99. The van der Waals surface area contributed by atoms with E-state index in [2.05, 4.69) is 20.2 Å². The molecule has 2 aromatic rings. The van der Waals surface area contributed by atoms with E-state index in [0.29, 0.717) is 16.7 Å². The minimum Gasteiger partial charge on any atom is -0.368 e. The molecule has 2 heterocycles. The Balaban J connectivity index is 1.59. The lowest BCUT2D eigenvalue weighted by Crippen LogP contribution is -2.54. The first-order valence-electron chi connectivity index (χ1n) is 8.74. The predicted octanol–water partition coefficient (Wildman–Crippen LogP) is 3.54. The molecular weight excluding hydrogens is 323 g/mol. The summed E-state index contributed by atoms with van der Waals surface area (Å²) in [4.78, 5) is 11.2. The molecule has 1 saturated carbocycles. The molecule has 1 aromatic heterocycles. The maximum Gasteiger partial charge on any atom is 0.140 e. The summed E-state index contributed by atoms with van der Waals surface area (Å²) >= 11 is 2.04. The van der Waals surface area contributed by atoms with Crippen LogP contribution in [0.3, 0.4) is 0 Å². The average Bonchev–Trinajstić information content (AvgIpc) is 3.11. The fraction of sp³-hybridized carbons (Fsp3) is 0.556. The van der Waals surface area contributed by atoms with Crippen molar-refractivity contribution in [2.75, 3.05) is 36.5 Å². The lowest BCUT2D eigenvalue weighted by atomic mass is 9.94. The summed E-state index contributed by atoms with van der Waals surface area (Å²) in [6, 6.07) is 5.00. The monoisotopic (exact) mass is 346 g/mol. The second-order valence-corrected chi connectivity index (χ2v) is 7.97. The highest BCUT2D eigenvalue weighted by Gasteiger charge is 2.39. The molecule has 2 aliphatic rings. The van der Waals surface area contributed by atoms with Gasteiger partial charge in [0, 0.05) is 36.7 Å². The van der Waals surface area contributed by atoms with Crippen molar-refractivity contribution in [3.05, 3.63) is 30.3 Å². The van der Waals surface area contributed by atoms with Crippen LogP contribution in [0.25, 0.3) is 10.9 Å². The van der Waals surface area contributed by atoms with Gasteiger partial charge in [0.05, 0.1) is 10.9 Å². The Morgan fingerprint density at radius 1 is 1.17 bits per heavy atom. The molecule has 0 unspecified atom stereocenters. The Labute approximate surface area is 146 Å². The molecule has 4 rings (SSSR count). The molecule has 128 valence electrons. The summed E-state index contributed by atoms with van der Waals surface area (Å²) in [6.45, 7) is 3.15. The quantitative estimate of drug-likeness (QED) is 0.917. The van der Waals surface area contributed by atoms with Gasteiger partial charge in [0.15, 0.2) is 0 Å². The van der Waals surface area contributed by atoms with Gasteiger partial charge in [0.25, 0.3) is 0 Å². The van der Waals surface area contributed by atoms with Crippen molar-refractivity contribution in [1.82, 2.24) is 14.9 Å². The van der Waals surface area contributed by atoms with Crippen LogP contribution >= 0.6 is 11.8 Å². The molecule has 0 bridgehead atoms. The Bertz CT molecular complexity index is 706. The summed E-state index contributed by atoms with van der Waals surface area (Å²) in [5.74, 6) is 2.79. The van der Waals surface area contributed by atoms with E-state index in [4.69, 9.17) is 0 Å². The van der Waals surface area contributed by atoms with Crippen molar-refractivity contribution >= 4 is 28.5 Å². The van der Waals surface area contributed by atoms with Crippen molar-refractivity contribution in [2.45, 2.75) is 31.2 Å². The third kappa shape index (κ3) is 2.97. The number of thioether (sulfide) groups is 1. The molecule has 6 heteroatoms. The fourth-order valence-electron chi connectivity index (χ4n) is 4.13. The minimum absolute atomic E-state index is 0.198. The summed E-state index contributed by atoms with van der Waals surface area (Å²) < 4.78 is 14.3. The van der Waals surface area contributed by atoms with Crippen LogP contribution in [0, 0.1) is 5.82 Å². The second-order valence-electron chi connectivity index (χ2n) is 6.74. The van der Waals surface area contributed by atoms with Gasteiger partial charge in [0.1, 0.15) is 18.0 Å². The zero-order chi connectivity index (χ0) is 16.4. The molecule has 1 aliphatic carbocycles. The smallest absolute Gasteiger partial charge is 0.140 e. The van der Waals surface area contributed by atoms with Gasteiger partial charge in [0.2, 0.25) is 0 Å². The Hall–Kier alpha value is -1.40. The van der Waals surface area contributed by atoms with Gasteiger partial charge in [-0.15, -0.1) is 0 Å². The van der Waals surface area contributed by atoms with Crippen molar-refractivity contribution in [3.63, 3.8) is 0 Å². The van der Waals surface area contributed by atoms with Crippen LogP contribution < -0.4 is 5.32 Å². The fourth-order valence-corrected chi connectivity index (χ4v) is 5.03. The van der Waals surface area contributed by atoms with E-state index in [9.17, 15) is 4.39 Å². The normalized spacial score (nSPS) is 21.2. The van der Waals surface area contributed by atoms with Crippen molar-refractivity contribution in [1.29, 1.82) is 0 Å². The molecule has 1 N–H and O–H groups in total. The lowest BCUT2D eigenvalue weighted by molar-refractivity contribution is 0.116. The maximum atomic E-state index is 14.3. The highest BCUT2D eigenvalue weighted by atomic mass is 32.2. The number of anilines is 1. The summed E-state index contributed by atoms with van der Waals surface area (Å²) in [6.07, 6.45) is 6.52.